The summed E-state index contributed by atoms with van der Waals surface area (Å²) in [5, 5.41) is 7.46. The summed E-state index contributed by atoms with van der Waals surface area (Å²) in [5.41, 5.74) is 2.15. The van der Waals surface area contributed by atoms with E-state index in [2.05, 4.69) is 25.6 Å². The molecular formula is C17H15Cl2N5. The zero-order chi connectivity index (χ0) is 16.9. The fourth-order valence-corrected chi connectivity index (χ4v) is 2.46. The largest absolute Gasteiger partial charge is 0.354 e. The lowest BCUT2D eigenvalue weighted by atomic mass is 10.2. The van der Waals surface area contributed by atoms with Gasteiger partial charge in [-0.25, -0.2) is 4.98 Å². The van der Waals surface area contributed by atoms with Crippen molar-refractivity contribution in [3.05, 3.63) is 58.7 Å². The van der Waals surface area contributed by atoms with Gasteiger partial charge in [0.1, 0.15) is 5.82 Å². The van der Waals surface area contributed by atoms with Crippen molar-refractivity contribution in [3.8, 4) is 11.4 Å². The predicted octanol–water partition coefficient (Wildman–Crippen LogP) is 5.02. The van der Waals surface area contributed by atoms with Gasteiger partial charge in [0.25, 0.3) is 0 Å². The Labute approximate surface area is 150 Å². The number of hydrogen-bond acceptors (Lipinski definition) is 5. The van der Waals surface area contributed by atoms with Crippen molar-refractivity contribution in [3.63, 3.8) is 0 Å². The van der Waals surface area contributed by atoms with E-state index in [0.717, 1.165) is 5.69 Å². The molecule has 3 aromatic rings. The van der Waals surface area contributed by atoms with E-state index < -0.39 is 0 Å². The Bertz CT molecular complexity index is 840. The van der Waals surface area contributed by atoms with E-state index in [4.69, 9.17) is 23.2 Å². The van der Waals surface area contributed by atoms with Gasteiger partial charge in [-0.3, -0.25) is 4.98 Å². The fraction of sp³-hybridized carbons (Fsp3) is 0.118. The van der Waals surface area contributed by atoms with Gasteiger partial charge >= 0.3 is 0 Å². The summed E-state index contributed by atoms with van der Waals surface area (Å²) in [5.74, 6) is 1.12. The minimum Gasteiger partial charge on any atom is -0.354 e. The van der Waals surface area contributed by atoms with E-state index >= 15 is 0 Å². The second kappa shape index (κ2) is 7.47. The van der Waals surface area contributed by atoms with Crippen LogP contribution in [0.15, 0.2) is 48.7 Å². The molecule has 0 aliphatic heterocycles. The van der Waals surface area contributed by atoms with E-state index in [1.807, 2.05) is 31.2 Å². The second-order valence-electron chi connectivity index (χ2n) is 4.96. The van der Waals surface area contributed by atoms with Crippen molar-refractivity contribution in [2.75, 3.05) is 17.2 Å². The molecule has 0 radical (unpaired) electrons. The molecule has 0 spiro atoms. The third kappa shape index (κ3) is 3.93. The quantitative estimate of drug-likeness (QED) is 0.669. The predicted molar refractivity (Wildman–Crippen MR) is 99.2 cm³/mol. The van der Waals surface area contributed by atoms with Crippen LogP contribution in [-0.2, 0) is 0 Å². The SMILES string of the molecule is CCNc1nc(Nc2cc(Cl)ccc2Cl)cc(-c2ccccn2)n1. The van der Waals surface area contributed by atoms with Crippen LogP contribution in [0, 0.1) is 0 Å². The molecule has 2 heterocycles. The summed E-state index contributed by atoms with van der Waals surface area (Å²) in [6.45, 7) is 2.70. The summed E-state index contributed by atoms with van der Waals surface area (Å²) < 4.78 is 0. The number of hydrogen-bond donors (Lipinski definition) is 2. The number of rotatable bonds is 5. The number of benzene rings is 1. The number of pyridine rings is 1. The highest BCUT2D eigenvalue weighted by Gasteiger charge is 2.09. The van der Waals surface area contributed by atoms with Crippen molar-refractivity contribution in [1.82, 2.24) is 15.0 Å². The minimum absolute atomic E-state index is 0.515. The summed E-state index contributed by atoms with van der Waals surface area (Å²) in [6.07, 6.45) is 1.73. The van der Waals surface area contributed by atoms with Gasteiger partial charge in [0.15, 0.2) is 0 Å². The Balaban J connectivity index is 2.00. The van der Waals surface area contributed by atoms with E-state index in [1.54, 1.807) is 24.4 Å². The van der Waals surface area contributed by atoms with Crippen molar-refractivity contribution < 1.29 is 0 Å². The highest BCUT2D eigenvalue weighted by atomic mass is 35.5. The van der Waals surface area contributed by atoms with Crippen LogP contribution in [0.25, 0.3) is 11.4 Å². The van der Waals surface area contributed by atoms with Gasteiger partial charge in [0.2, 0.25) is 5.95 Å². The van der Waals surface area contributed by atoms with Crippen molar-refractivity contribution in [1.29, 1.82) is 0 Å². The first-order chi connectivity index (χ1) is 11.7. The van der Waals surface area contributed by atoms with Gasteiger partial charge in [-0.05, 0) is 37.3 Å². The topological polar surface area (TPSA) is 62.7 Å². The standard InChI is InChI=1S/C17H15Cl2N5/c1-2-20-17-23-15(13-5-3-4-8-21-13)10-16(24-17)22-14-9-11(18)6-7-12(14)19/h3-10H,2H2,1H3,(H2,20,22,23,24). The van der Waals surface area contributed by atoms with E-state index in [-0.39, 0.29) is 0 Å². The second-order valence-corrected chi connectivity index (χ2v) is 5.80. The van der Waals surface area contributed by atoms with Crippen LogP contribution < -0.4 is 10.6 Å². The maximum atomic E-state index is 6.21. The summed E-state index contributed by atoms with van der Waals surface area (Å²) in [4.78, 5) is 13.3. The molecule has 5 nitrogen and oxygen atoms in total. The first kappa shape index (κ1) is 16.5. The number of nitrogens with zero attached hydrogens (tertiary/aromatic N) is 3. The Kier molecular flexibility index (Phi) is 5.13. The Hall–Kier alpha value is -2.37. The van der Waals surface area contributed by atoms with E-state index in [0.29, 0.717) is 39.7 Å². The molecule has 0 unspecified atom stereocenters. The molecule has 3 rings (SSSR count). The molecule has 0 amide bonds. The maximum Gasteiger partial charge on any atom is 0.225 e. The Morgan fingerprint density at radius 3 is 2.62 bits per heavy atom. The minimum atomic E-state index is 0.515. The third-order valence-corrected chi connectivity index (χ3v) is 3.74. The molecule has 2 aromatic heterocycles. The van der Waals surface area contributed by atoms with E-state index in [1.165, 1.54) is 0 Å². The van der Waals surface area contributed by atoms with Crippen molar-refractivity contribution in [2.45, 2.75) is 6.92 Å². The molecular weight excluding hydrogens is 345 g/mol. The number of aromatic nitrogens is 3. The molecule has 0 atom stereocenters. The van der Waals surface area contributed by atoms with Gasteiger partial charge in [0, 0.05) is 23.8 Å². The van der Waals surface area contributed by atoms with Gasteiger partial charge in [-0.1, -0.05) is 29.3 Å². The van der Waals surface area contributed by atoms with Crippen LogP contribution in [0.4, 0.5) is 17.5 Å². The number of anilines is 3. The van der Waals surface area contributed by atoms with Crippen molar-refractivity contribution in [2.24, 2.45) is 0 Å². The lowest BCUT2D eigenvalue weighted by molar-refractivity contribution is 1.08. The molecule has 0 saturated carbocycles. The molecule has 0 aliphatic carbocycles. The first-order valence-electron chi connectivity index (χ1n) is 7.42. The summed E-state index contributed by atoms with van der Waals surface area (Å²) >= 11 is 12.2. The summed E-state index contributed by atoms with van der Waals surface area (Å²) in [6, 6.07) is 12.7. The first-order valence-corrected chi connectivity index (χ1v) is 8.17. The Morgan fingerprint density at radius 2 is 1.88 bits per heavy atom. The van der Waals surface area contributed by atoms with Crippen LogP contribution in [0.1, 0.15) is 6.92 Å². The van der Waals surface area contributed by atoms with Crippen LogP contribution in [0.2, 0.25) is 10.0 Å². The molecule has 2 N–H and O–H groups in total. The highest BCUT2D eigenvalue weighted by molar-refractivity contribution is 6.35. The van der Waals surface area contributed by atoms with Gasteiger partial charge in [0.05, 0.1) is 22.1 Å². The van der Waals surface area contributed by atoms with Gasteiger partial charge in [-0.2, -0.15) is 4.98 Å². The summed E-state index contributed by atoms with van der Waals surface area (Å²) in [7, 11) is 0. The van der Waals surface area contributed by atoms with Crippen LogP contribution in [0.5, 0.6) is 0 Å². The molecule has 0 bridgehead atoms. The average Bonchev–Trinajstić information content (AvgIpc) is 2.59. The average molecular weight is 360 g/mol. The zero-order valence-corrected chi connectivity index (χ0v) is 14.4. The third-order valence-electron chi connectivity index (χ3n) is 3.18. The van der Waals surface area contributed by atoms with Gasteiger partial charge < -0.3 is 10.6 Å². The smallest absolute Gasteiger partial charge is 0.225 e. The number of halogens is 2. The zero-order valence-electron chi connectivity index (χ0n) is 12.9. The molecule has 0 fully saturated rings. The fourth-order valence-electron chi connectivity index (χ4n) is 2.13. The van der Waals surface area contributed by atoms with E-state index in [9.17, 15) is 0 Å². The van der Waals surface area contributed by atoms with Crippen LogP contribution in [0.3, 0.4) is 0 Å². The maximum absolute atomic E-state index is 6.21. The molecule has 122 valence electrons. The molecule has 7 heteroatoms. The monoisotopic (exact) mass is 359 g/mol. The molecule has 0 aliphatic rings. The normalized spacial score (nSPS) is 10.5. The lowest BCUT2D eigenvalue weighted by Crippen LogP contribution is -2.05. The molecule has 0 saturated heterocycles. The molecule has 24 heavy (non-hydrogen) atoms. The van der Waals surface area contributed by atoms with Gasteiger partial charge in [-0.15, -0.1) is 0 Å². The Morgan fingerprint density at radius 1 is 1.00 bits per heavy atom. The van der Waals surface area contributed by atoms with Crippen LogP contribution >= 0.6 is 23.2 Å². The highest BCUT2D eigenvalue weighted by Crippen LogP contribution is 2.29. The van der Waals surface area contributed by atoms with Crippen molar-refractivity contribution >= 4 is 40.7 Å². The molecule has 1 aromatic carbocycles. The number of nitrogens with one attached hydrogen (secondary N) is 2. The van der Waals surface area contributed by atoms with Crippen LogP contribution in [-0.4, -0.2) is 21.5 Å². The lowest BCUT2D eigenvalue weighted by Gasteiger charge is -2.11.